The van der Waals surface area contributed by atoms with Gasteiger partial charge in [0.25, 0.3) is 5.56 Å². The van der Waals surface area contributed by atoms with E-state index in [1.165, 1.54) is 4.68 Å². The predicted octanol–water partition coefficient (Wildman–Crippen LogP) is 2.96. The highest BCUT2D eigenvalue weighted by atomic mass is 35.5. The summed E-state index contributed by atoms with van der Waals surface area (Å²) in [5.74, 6) is 1.98. The molecule has 1 N–H and O–H groups in total. The molecule has 146 valence electrons. The van der Waals surface area contributed by atoms with Crippen molar-refractivity contribution in [1.82, 2.24) is 15.1 Å². The maximum atomic E-state index is 12.4. The molecule has 1 amide bonds. The number of amides is 1. The Labute approximate surface area is 172 Å². The van der Waals surface area contributed by atoms with E-state index in [1.54, 1.807) is 48.5 Å². The number of ketones is 1. The van der Waals surface area contributed by atoms with Gasteiger partial charge >= 0.3 is 0 Å². The quantitative estimate of drug-likeness (QED) is 0.482. The van der Waals surface area contributed by atoms with E-state index in [0.29, 0.717) is 27.1 Å². The molecule has 6 nitrogen and oxygen atoms in total. The summed E-state index contributed by atoms with van der Waals surface area (Å²) in [5.41, 5.74) is 0.770. The van der Waals surface area contributed by atoms with Crippen molar-refractivity contribution in [2.45, 2.75) is 25.9 Å². The van der Waals surface area contributed by atoms with E-state index in [-0.39, 0.29) is 43.2 Å². The van der Waals surface area contributed by atoms with E-state index in [0.717, 1.165) is 0 Å². The lowest BCUT2D eigenvalue weighted by Crippen LogP contribution is -2.28. The van der Waals surface area contributed by atoms with E-state index in [2.05, 4.69) is 16.3 Å². The summed E-state index contributed by atoms with van der Waals surface area (Å²) in [6.45, 7) is 0.166. The molecule has 0 saturated heterocycles. The van der Waals surface area contributed by atoms with Gasteiger partial charge in [0.2, 0.25) is 5.91 Å². The zero-order chi connectivity index (χ0) is 20.8. The third-order valence-electron chi connectivity index (χ3n) is 4.38. The fraction of sp³-hybridized carbons (Fsp3) is 0.182. The van der Waals surface area contributed by atoms with Crippen molar-refractivity contribution in [2.24, 2.45) is 0 Å². The molecule has 2 aromatic carbocycles. The van der Waals surface area contributed by atoms with Crippen molar-refractivity contribution in [3.8, 4) is 12.3 Å². The first kappa shape index (κ1) is 20.3. The highest BCUT2D eigenvalue weighted by Crippen LogP contribution is 2.14. The van der Waals surface area contributed by atoms with Crippen LogP contribution >= 0.6 is 11.6 Å². The summed E-state index contributed by atoms with van der Waals surface area (Å²) in [6.07, 6.45) is 5.44. The van der Waals surface area contributed by atoms with Crippen molar-refractivity contribution >= 4 is 34.1 Å². The largest absolute Gasteiger partial charge is 0.350 e. The van der Waals surface area contributed by atoms with Gasteiger partial charge in [0, 0.05) is 28.8 Å². The Balaban J connectivity index is 1.67. The van der Waals surface area contributed by atoms with Gasteiger partial charge in [0.05, 0.1) is 17.6 Å². The van der Waals surface area contributed by atoms with Crippen molar-refractivity contribution in [3.05, 3.63) is 75.2 Å². The van der Waals surface area contributed by atoms with Gasteiger partial charge in [-0.15, -0.1) is 6.42 Å². The molecular weight excluding hydrogens is 390 g/mol. The van der Waals surface area contributed by atoms with E-state index >= 15 is 0 Å². The summed E-state index contributed by atoms with van der Waals surface area (Å²) in [6, 6.07) is 13.6. The number of nitrogens with zero attached hydrogens (tertiary/aromatic N) is 2. The Morgan fingerprint density at radius 2 is 1.76 bits per heavy atom. The number of carbonyl (C=O) groups is 2. The third kappa shape index (κ3) is 4.89. The molecule has 0 atom stereocenters. The lowest BCUT2D eigenvalue weighted by Gasteiger charge is -2.10. The van der Waals surface area contributed by atoms with E-state index < -0.39 is 0 Å². The molecular formula is C22H18ClN3O3. The van der Waals surface area contributed by atoms with Crippen LogP contribution in [0.25, 0.3) is 10.8 Å². The summed E-state index contributed by atoms with van der Waals surface area (Å²) in [7, 11) is 0. The molecule has 0 aliphatic carbocycles. The third-order valence-corrected chi connectivity index (χ3v) is 4.64. The minimum atomic E-state index is -0.284. The van der Waals surface area contributed by atoms with Crippen molar-refractivity contribution in [2.75, 3.05) is 0 Å². The van der Waals surface area contributed by atoms with Gasteiger partial charge in [-0.05, 0) is 30.3 Å². The van der Waals surface area contributed by atoms with Crippen molar-refractivity contribution in [1.29, 1.82) is 0 Å². The minimum absolute atomic E-state index is 0.0419. The molecule has 3 aromatic rings. The van der Waals surface area contributed by atoms with Gasteiger partial charge in [-0.3, -0.25) is 14.4 Å². The fourth-order valence-corrected chi connectivity index (χ4v) is 3.03. The van der Waals surface area contributed by atoms with Crippen LogP contribution in [0.2, 0.25) is 5.02 Å². The van der Waals surface area contributed by atoms with E-state index in [4.69, 9.17) is 18.0 Å². The van der Waals surface area contributed by atoms with Crippen LogP contribution in [0.1, 0.15) is 28.9 Å². The number of carbonyl (C=O) groups excluding carboxylic acids is 2. The molecule has 1 heterocycles. The Hall–Kier alpha value is -3.43. The van der Waals surface area contributed by atoms with Crippen molar-refractivity contribution in [3.63, 3.8) is 0 Å². The van der Waals surface area contributed by atoms with Crippen LogP contribution in [0.5, 0.6) is 0 Å². The maximum Gasteiger partial charge on any atom is 0.275 e. The molecule has 1 aromatic heterocycles. The number of halogens is 1. The lowest BCUT2D eigenvalue weighted by atomic mass is 10.1. The number of hydrogen-bond donors (Lipinski definition) is 1. The second kappa shape index (κ2) is 9.18. The van der Waals surface area contributed by atoms with E-state index in [9.17, 15) is 14.4 Å². The molecule has 0 aliphatic heterocycles. The summed E-state index contributed by atoms with van der Waals surface area (Å²) in [5, 5.41) is 8.72. The number of rotatable bonds is 7. The Kier molecular flexibility index (Phi) is 6.43. The molecule has 0 bridgehead atoms. The summed E-state index contributed by atoms with van der Waals surface area (Å²) in [4.78, 5) is 36.8. The average molecular weight is 408 g/mol. The van der Waals surface area contributed by atoms with Crippen molar-refractivity contribution < 1.29 is 9.59 Å². The number of terminal acetylenes is 1. The van der Waals surface area contributed by atoms with Crippen LogP contribution in [0.15, 0.2) is 53.3 Å². The fourth-order valence-electron chi connectivity index (χ4n) is 2.91. The van der Waals surface area contributed by atoms with Crippen LogP contribution in [0.4, 0.5) is 0 Å². The minimum Gasteiger partial charge on any atom is -0.350 e. The van der Waals surface area contributed by atoms with Gasteiger partial charge in [0.1, 0.15) is 6.54 Å². The van der Waals surface area contributed by atoms with Gasteiger partial charge in [-0.25, -0.2) is 4.68 Å². The highest BCUT2D eigenvalue weighted by molar-refractivity contribution is 6.30. The van der Waals surface area contributed by atoms with Gasteiger partial charge in [-0.2, -0.15) is 5.10 Å². The standard InChI is InChI=1S/C22H18ClN3O3/c1-2-13-26-22(29)18-6-4-3-5-17(18)19(25-26)14-24-21(28)12-11-20(27)15-7-9-16(23)10-8-15/h1,3-10H,11-14H2,(H,24,28). The normalized spacial score (nSPS) is 10.5. The highest BCUT2D eigenvalue weighted by Gasteiger charge is 2.13. The Bertz CT molecular complexity index is 1160. The lowest BCUT2D eigenvalue weighted by molar-refractivity contribution is -0.121. The molecule has 7 heteroatoms. The first-order valence-corrected chi connectivity index (χ1v) is 9.35. The number of fused-ring (bicyclic) bond motifs is 1. The van der Waals surface area contributed by atoms with Crippen LogP contribution in [-0.2, 0) is 17.9 Å². The first-order chi connectivity index (χ1) is 14.0. The van der Waals surface area contributed by atoms with Gasteiger partial charge in [0.15, 0.2) is 5.78 Å². The number of aromatic nitrogens is 2. The zero-order valence-electron chi connectivity index (χ0n) is 15.5. The monoisotopic (exact) mass is 407 g/mol. The number of benzene rings is 2. The second-order valence-electron chi connectivity index (χ2n) is 6.37. The molecule has 3 rings (SSSR count). The smallest absolute Gasteiger partial charge is 0.275 e. The zero-order valence-corrected chi connectivity index (χ0v) is 16.3. The van der Waals surface area contributed by atoms with Gasteiger partial charge in [-0.1, -0.05) is 35.7 Å². The summed E-state index contributed by atoms with van der Waals surface area (Å²) < 4.78 is 1.20. The van der Waals surface area contributed by atoms with E-state index in [1.807, 2.05) is 0 Å². The molecule has 0 saturated carbocycles. The molecule has 0 spiro atoms. The van der Waals surface area contributed by atoms with Crippen LogP contribution < -0.4 is 10.9 Å². The molecule has 0 fully saturated rings. The summed E-state index contributed by atoms with van der Waals surface area (Å²) >= 11 is 5.81. The maximum absolute atomic E-state index is 12.4. The number of Topliss-reactive ketones (excluding diaryl/α,β-unsaturated/α-hetero) is 1. The first-order valence-electron chi connectivity index (χ1n) is 8.97. The predicted molar refractivity (Wildman–Crippen MR) is 112 cm³/mol. The number of nitrogens with one attached hydrogen (secondary N) is 1. The Morgan fingerprint density at radius 3 is 2.45 bits per heavy atom. The average Bonchev–Trinajstić information content (AvgIpc) is 2.73. The van der Waals surface area contributed by atoms with Crippen LogP contribution in [-0.4, -0.2) is 21.5 Å². The van der Waals surface area contributed by atoms with Gasteiger partial charge < -0.3 is 5.32 Å². The molecule has 0 radical (unpaired) electrons. The molecule has 0 aliphatic rings. The Morgan fingerprint density at radius 1 is 1.07 bits per heavy atom. The molecule has 0 unspecified atom stereocenters. The SMILES string of the molecule is C#CCn1nc(CNC(=O)CCC(=O)c2ccc(Cl)cc2)c2ccccc2c1=O. The topological polar surface area (TPSA) is 81.1 Å². The second-order valence-corrected chi connectivity index (χ2v) is 6.80. The molecule has 29 heavy (non-hydrogen) atoms. The number of hydrogen-bond acceptors (Lipinski definition) is 4. The van der Waals surface area contributed by atoms with Crippen LogP contribution in [0, 0.1) is 12.3 Å². The van der Waals surface area contributed by atoms with Crippen LogP contribution in [0.3, 0.4) is 0 Å².